The SMILES string of the molecule is CC(=O)N[C@](C)(C(=O)N1CCC[C@@H]1Cn1cccn1)C1CC1. The van der Waals surface area contributed by atoms with Crippen molar-refractivity contribution in [3.63, 3.8) is 0 Å². The Labute approximate surface area is 130 Å². The van der Waals surface area contributed by atoms with Crippen LogP contribution in [0.2, 0.25) is 0 Å². The van der Waals surface area contributed by atoms with Crippen LogP contribution in [0.1, 0.15) is 39.5 Å². The molecule has 1 N–H and O–H groups in total. The Morgan fingerprint density at radius 2 is 2.14 bits per heavy atom. The van der Waals surface area contributed by atoms with Gasteiger partial charge in [0.1, 0.15) is 5.54 Å². The number of nitrogens with zero attached hydrogens (tertiary/aromatic N) is 3. The van der Waals surface area contributed by atoms with Gasteiger partial charge in [-0.25, -0.2) is 0 Å². The summed E-state index contributed by atoms with van der Waals surface area (Å²) in [5.74, 6) is 0.209. The third-order valence-electron chi connectivity index (χ3n) is 4.87. The van der Waals surface area contributed by atoms with E-state index in [0.717, 1.165) is 38.8 Å². The molecule has 120 valence electrons. The molecule has 0 radical (unpaired) electrons. The molecule has 1 saturated heterocycles. The van der Waals surface area contributed by atoms with Crippen LogP contribution in [0.3, 0.4) is 0 Å². The van der Waals surface area contributed by atoms with Crippen molar-refractivity contribution in [1.82, 2.24) is 20.0 Å². The van der Waals surface area contributed by atoms with E-state index >= 15 is 0 Å². The van der Waals surface area contributed by atoms with Crippen LogP contribution in [-0.2, 0) is 16.1 Å². The Bertz CT molecular complexity index is 553. The summed E-state index contributed by atoms with van der Waals surface area (Å²) in [5.41, 5.74) is -0.751. The van der Waals surface area contributed by atoms with Gasteiger partial charge in [-0.15, -0.1) is 0 Å². The lowest BCUT2D eigenvalue weighted by Crippen LogP contribution is -2.60. The number of hydrogen-bond donors (Lipinski definition) is 1. The van der Waals surface area contributed by atoms with E-state index in [2.05, 4.69) is 10.4 Å². The maximum Gasteiger partial charge on any atom is 0.248 e. The molecule has 2 atom stereocenters. The molecule has 2 heterocycles. The molecule has 1 aliphatic heterocycles. The molecule has 1 aliphatic carbocycles. The molecule has 3 rings (SSSR count). The standard InChI is InChI=1S/C16H24N4O2/c1-12(21)18-16(2,13-6-7-13)15(22)20-10-3-5-14(20)11-19-9-4-8-17-19/h4,8-9,13-14H,3,5-7,10-11H2,1-2H3,(H,18,21)/t14-,16+/m1/s1. The van der Waals surface area contributed by atoms with Crippen molar-refractivity contribution in [2.45, 2.75) is 57.7 Å². The van der Waals surface area contributed by atoms with Crippen LogP contribution in [0.25, 0.3) is 0 Å². The predicted molar refractivity (Wildman–Crippen MR) is 81.9 cm³/mol. The van der Waals surface area contributed by atoms with Gasteiger partial charge in [-0.3, -0.25) is 14.3 Å². The van der Waals surface area contributed by atoms with Gasteiger partial charge in [-0.2, -0.15) is 5.10 Å². The summed E-state index contributed by atoms with van der Waals surface area (Å²) in [6.45, 7) is 4.86. The number of rotatable bonds is 5. The highest BCUT2D eigenvalue weighted by atomic mass is 16.2. The number of likely N-dealkylation sites (tertiary alicyclic amines) is 1. The van der Waals surface area contributed by atoms with Gasteiger partial charge in [0.05, 0.1) is 12.6 Å². The summed E-state index contributed by atoms with van der Waals surface area (Å²) in [5, 5.41) is 7.16. The van der Waals surface area contributed by atoms with Crippen LogP contribution >= 0.6 is 0 Å². The minimum Gasteiger partial charge on any atom is -0.342 e. The van der Waals surface area contributed by atoms with E-state index in [1.807, 2.05) is 28.8 Å². The zero-order valence-corrected chi connectivity index (χ0v) is 13.3. The summed E-state index contributed by atoms with van der Waals surface area (Å²) in [7, 11) is 0. The molecule has 2 aliphatic rings. The lowest BCUT2D eigenvalue weighted by molar-refractivity contribution is -0.142. The van der Waals surface area contributed by atoms with Crippen LogP contribution in [0.4, 0.5) is 0 Å². The number of carbonyl (C=O) groups excluding carboxylic acids is 2. The second kappa shape index (κ2) is 5.74. The fourth-order valence-electron chi connectivity index (χ4n) is 3.57. The number of aromatic nitrogens is 2. The van der Waals surface area contributed by atoms with E-state index in [0.29, 0.717) is 0 Å². The van der Waals surface area contributed by atoms with E-state index in [9.17, 15) is 9.59 Å². The van der Waals surface area contributed by atoms with Gasteiger partial charge in [0.2, 0.25) is 11.8 Å². The minimum absolute atomic E-state index is 0.0693. The monoisotopic (exact) mass is 304 g/mol. The Kier molecular flexibility index (Phi) is 3.93. The van der Waals surface area contributed by atoms with Gasteiger partial charge < -0.3 is 10.2 Å². The van der Waals surface area contributed by atoms with E-state index < -0.39 is 5.54 Å². The molecule has 0 aromatic carbocycles. The average Bonchev–Trinajstić information content (AvgIpc) is 3.03. The highest BCUT2D eigenvalue weighted by molar-refractivity contribution is 5.91. The van der Waals surface area contributed by atoms with Gasteiger partial charge >= 0.3 is 0 Å². The predicted octanol–water partition coefficient (Wildman–Crippen LogP) is 1.18. The first-order valence-electron chi connectivity index (χ1n) is 8.08. The number of amides is 2. The van der Waals surface area contributed by atoms with Gasteiger partial charge in [0.15, 0.2) is 0 Å². The molecule has 0 spiro atoms. The van der Waals surface area contributed by atoms with Crippen LogP contribution in [0.15, 0.2) is 18.5 Å². The summed E-state index contributed by atoms with van der Waals surface area (Å²) in [4.78, 5) is 26.6. The molecular formula is C16H24N4O2. The van der Waals surface area contributed by atoms with Crippen LogP contribution in [0.5, 0.6) is 0 Å². The molecule has 0 unspecified atom stereocenters. The Morgan fingerprint density at radius 3 is 2.73 bits per heavy atom. The summed E-state index contributed by atoms with van der Waals surface area (Å²) in [6.07, 6.45) is 7.72. The van der Waals surface area contributed by atoms with E-state index in [1.165, 1.54) is 6.92 Å². The summed E-state index contributed by atoms with van der Waals surface area (Å²) in [6, 6.07) is 2.06. The lowest BCUT2D eigenvalue weighted by atomic mass is 9.93. The summed E-state index contributed by atoms with van der Waals surface area (Å²) < 4.78 is 1.88. The molecule has 1 aromatic rings. The van der Waals surface area contributed by atoms with E-state index in [-0.39, 0.29) is 23.8 Å². The molecule has 22 heavy (non-hydrogen) atoms. The van der Waals surface area contributed by atoms with Crippen molar-refractivity contribution >= 4 is 11.8 Å². The first-order chi connectivity index (χ1) is 10.5. The maximum atomic E-state index is 13.1. The Balaban J connectivity index is 1.75. The number of nitrogens with one attached hydrogen (secondary N) is 1. The third-order valence-corrected chi connectivity index (χ3v) is 4.87. The van der Waals surface area contributed by atoms with Crippen molar-refractivity contribution in [2.24, 2.45) is 5.92 Å². The van der Waals surface area contributed by atoms with Gasteiger partial charge in [-0.1, -0.05) is 0 Å². The van der Waals surface area contributed by atoms with Crippen molar-refractivity contribution in [3.8, 4) is 0 Å². The van der Waals surface area contributed by atoms with Crippen LogP contribution < -0.4 is 5.32 Å². The van der Waals surface area contributed by atoms with Crippen LogP contribution in [0, 0.1) is 5.92 Å². The topological polar surface area (TPSA) is 67.2 Å². The summed E-state index contributed by atoms with van der Waals surface area (Å²) >= 11 is 0. The average molecular weight is 304 g/mol. The highest BCUT2D eigenvalue weighted by Gasteiger charge is 2.51. The second-order valence-electron chi connectivity index (χ2n) is 6.68. The molecule has 1 saturated carbocycles. The minimum atomic E-state index is -0.751. The first kappa shape index (κ1) is 15.1. The Hall–Kier alpha value is -1.85. The zero-order valence-electron chi connectivity index (χ0n) is 13.3. The molecular weight excluding hydrogens is 280 g/mol. The van der Waals surface area contributed by atoms with Gasteiger partial charge in [0.25, 0.3) is 0 Å². The van der Waals surface area contributed by atoms with Crippen molar-refractivity contribution in [3.05, 3.63) is 18.5 Å². The third kappa shape index (κ3) is 2.87. The zero-order chi connectivity index (χ0) is 15.7. The van der Waals surface area contributed by atoms with Crippen molar-refractivity contribution < 1.29 is 9.59 Å². The smallest absolute Gasteiger partial charge is 0.248 e. The highest BCUT2D eigenvalue weighted by Crippen LogP contribution is 2.41. The van der Waals surface area contributed by atoms with Gasteiger partial charge in [0, 0.05) is 25.9 Å². The lowest BCUT2D eigenvalue weighted by Gasteiger charge is -2.36. The molecule has 0 bridgehead atoms. The quantitative estimate of drug-likeness (QED) is 0.888. The maximum absolute atomic E-state index is 13.1. The fourth-order valence-corrected chi connectivity index (χ4v) is 3.57. The molecule has 2 amide bonds. The fraction of sp³-hybridized carbons (Fsp3) is 0.688. The normalized spacial score (nSPS) is 24.1. The molecule has 1 aromatic heterocycles. The van der Waals surface area contributed by atoms with Gasteiger partial charge in [-0.05, 0) is 44.6 Å². The molecule has 6 heteroatoms. The van der Waals surface area contributed by atoms with Crippen molar-refractivity contribution in [1.29, 1.82) is 0 Å². The molecule has 6 nitrogen and oxygen atoms in total. The first-order valence-corrected chi connectivity index (χ1v) is 8.08. The van der Waals surface area contributed by atoms with Crippen molar-refractivity contribution in [2.75, 3.05) is 6.54 Å². The largest absolute Gasteiger partial charge is 0.342 e. The van der Waals surface area contributed by atoms with E-state index in [4.69, 9.17) is 0 Å². The number of carbonyl (C=O) groups is 2. The van der Waals surface area contributed by atoms with Crippen LogP contribution in [-0.4, -0.2) is 44.6 Å². The van der Waals surface area contributed by atoms with E-state index in [1.54, 1.807) is 6.20 Å². The Morgan fingerprint density at radius 1 is 1.36 bits per heavy atom. The molecule has 2 fully saturated rings. The second-order valence-corrected chi connectivity index (χ2v) is 6.68. The number of hydrogen-bond acceptors (Lipinski definition) is 3.